The Labute approximate surface area is 122 Å². The summed E-state index contributed by atoms with van der Waals surface area (Å²) in [7, 11) is 0. The first-order valence-corrected chi connectivity index (χ1v) is 6.61. The van der Waals surface area contributed by atoms with E-state index in [1.807, 2.05) is 30.3 Å². The maximum Gasteiger partial charge on any atom is 0.174 e. The van der Waals surface area contributed by atoms with Crippen LogP contribution in [0.15, 0.2) is 42.5 Å². The van der Waals surface area contributed by atoms with E-state index in [2.05, 4.69) is 0 Å². The Bertz CT molecular complexity index is 554. The summed E-state index contributed by atoms with van der Waals surface area (Å²) >= 11 is 6.04. The fourth-order valence-electron chi connectivity index (χ4n) is 1.80. The van der Waals surface area contributed by atoms with Gasteiger partial charge in [-0.05, 0) is 23.3 Å². The van der Waals surface area contributed by atoms with Crippen LogP contribution in [0.25, 0.3) is 0 Å². The Kier molecular flexibility index (Phi) is 4.95. The molecular formula is C15H16ClFN2O. The van der Waals surface area contributed by atoms with Gasteiger partial charge in [0.05, 0.1) is 5.02 Å². The Balaban J connectivity index is 2.16. The Hall–Kier alpha value is -1.62. The third-order valence-corrected chi connectivity index (χ3v) is 3.21. The molecule has 2 aromatic rings. The Morgan fingerprint density at radius 1 is 1.20 bits per heavy atom. The molecule has 0 aliphatic heterocycles. The number of ether oxygens (including phenoxy) is 1. The quantitative estimate of drug-likeness (QED) is 0.891. The second-order valence-corrected chi connectivity index (χ2v) is 4.84. The average molecular weight is 295 g/mol. The van der Waals surface area contributed by atoms with E-state index in [4.69, 9.17) is 27.8 Å². The van der Waals surface area contributed by atoms with Crippen LogP contribution in [0.2, 0.25) is 5.02 Å². The summed E-state index contributed by atoms with van der Waals surface area (Å²) in [6.07, 6.45) is 0. The number of benzene rings is 2. The van der Waals surface area contributed by atoms with E-state index in [0.717, 1.165) is 5.56 Å². The van der Waals surface area contributed by atoms with Gasteiger partial charge in [-0.15, -0.1) is 0 Å². The van der Waals surface area contributed by atoms with Gasteiger partial charge in [0.2, 0.25) is 0 Å². The van der Waals surface area contributed by atoms with Gasteiger partial charge in [0, 0.05) is 12.6 Å². The largest absolute Gasteiger partial charge is 0.484 e. The molecule has 0 bridgehead atoms. The first-order valence-electron chi connectivity index (χ1n) is 6.23. The van der Waals surface area contributed by atoms with Crippen molar-refractivity contribution in [2.45, 2.75) is 12.6 Å². The van der Waals surface area contributed by atoms with Crippen molar-refractivity contribution in [1.29, 1.82) is 0 Å². The highest BCUT2D eigenvalue weighted by Crippen LogP contribution is 2.31. The molecule has 0 spiro atoms. The van der Waals surface area contributed by atoms with Gasteiger partial charge in [0.15, 0.2) is 11.6 Å². The summed E-state index contributed by atoms with van der Waals surface area (Å²) in [6, 6.07) is 11.9. The predicted molar refractivity (Wildman–Crippen MR) is 78.2 cm³/mol. The van der Waals surface area contributed by atoms with Crippen LogP contribution in [0.1, 0.15) is 17.2 Å². The second-order valence-electron chi connectivity index (χ2n) is 4.43. The molecule has 106 valence electrons. The van der Waals surface area contributed by atoms with Crippen molar-refractivity contribution in [3.63, 3.8) is 0 Å². The lowest BCUT2D eigenvalue weighted by atomic mass is 10.1. The summed E-state index contributed by atoms with van der Waals surface area (Å²) < 4.78 is 19.4. The molecule has 1 unspecified atom stereocenters. The second kappa shape index (κ2) is 6.70. The zero-order valence-electron chi connectivity index (χ0n) is 10.9. The number of hydrogen-bond donors (Lipinski definition) is 2. The molecule has 5 heteroatoms. The monoisotopic (exact) mass is 294 g/mol. The molecule has 1 atom stereocenters. The highest BCUT2D eigenvalue weighted by molar-refractivity contribution is 6.32. The van der Waals surface area contributed by atoms with E-state index in [9.17, 15) is 4.39 Å². The molecule has 3 nitrogen and oxygen atoms in total. The van der Waals surface area contributed by atoms with Crippen molar-refractivity contribution in [1.82, 2.24) is 0 Å². The van der Waals surface area contributed by atoms with E-state index < -0.39 is 11.9 Å². The zero-order valence-corrected chi connectivity index (χ0v) is 11.6. The summed E-state index contributed by atoms with van der Waals surface area (Å²) in [4.78, 5) is 0. The van der Waals surface area contributed by atoms with Gasteiger partial charge >= 0.3 is 0 Å². The fourth-order valence-corrected chi connectivity index (χ4v) is 2.07. The molecule has 4 N–H and O–H groups in total. The van der Waals surface area contributed by atoms with Crippen molar-refractivity contribution in [3.05, 3.63) is 64.4 Å². The minimum atomic E-state index is -0.535. The van der Waals surface area contributed by atoms with Crippen molar-refractivity contribution >= 4 is 11.6 Å². The van der Waals surface area contributed by atoms with Gasteiger partial charge in [-0.3, -0.25) is 0 Å². The highest BCUT2D eigenvalue weighted by atomic mass is 35.5. The summed E-state index contributed by atoms with van der Waals surface area (Å²) in [5, 5.41) is 0.194. The van der Waals surface area contributed by atoms with Gasteiger partial charge in [0.25, 0.3) is 0 Å². The van der Waals surface area contributed by atoms with Crippen molar-refractivity contribution in [2.24, 2.45) is 11.5 Å². The molecule has 0 aliphatic carbocycles. The lowest BCUT2D eigenvalue weighted by Gasteiger charge is -2.14. The fraction of sp³-hybridized carbons (Fsp3) is 0.200. The first-order chi connectivity index (χ1) is 9.61. The summed E-state index contributed by atoms with van der Waals surface area (Å²) in [5.74, 6) is -0.504. The third-order valence-electron chi connectivity index (χ3n) is 2.93. The standard InChI is InChI=1S/C15H16ClFN2O/c16-12-6-11(14(19)8-18)7-13(17)15(12)20-9-10-4-2-1-3-5-10/h1-7,14H,8-9,18-19H2. The number of nitrogens with two attached hydrogens (primary N) is 2. The number of halogens is 2. The molecule has 2 rings (SSSR count). The topological polar surface area (TPSA) is 61.3 Å². The van der Waals surface area contributed by atoms with E-state index in [1.54, 1.807) is 6.07 Å². The van der Waals surface area contributed by atoms with Crippen LogP contribution in [0.4, 0.5) is 4.39 Å². The molecule has 0 radical (unpaired) electrons. The minimum Gasteiger partial charge on any atom is -0.484 e. The molecule has 0 fully saturated rings. The zero-order chi connectivity index (χ0) is 14.5. The Morgan fingerprint density at radius 3 is 2.50 bits per heavy atom. The number of rotatable bonds is 5. The molecule has 0 saturated carbocycles. The molecule has 0 saturated heterocycles. The Morgan fingerprint density at radius 2 is 1.90 bits per heavy atom. The van der Waals surface area contributed by atoms with Gasteiger partial charge in [0.1, 0.15) is 6.61 Å². The van der Waals surface area contributed by atoms with Crippen molar-refractivity contribution in [2.75, 3.05) is 6.54 Å². The van der Waals surface area contributed by atoms with Crippen molar-refractivity contribution < 1.29 is 9.13 Å². The maximum absolute atomic E-state index is 14.0. The predicted octanol–water partition coefficient (Wildman–Crippen LogP) is 3.02. The minimum absolute atomic E-state index is 0.0310. The molecule has 2 aromatic carbocycles. The molecule has 20 heavy (non-hydrogen) atoms. The molecule has 0 aliphatic rings. The van der Waals surface area contributed by atoms with Crippen LogP contribution in [-0.4, -0.2) is 6.54 Å². The first kappa shape index (κ1) is 14.8. The van der Waals surface area contributed by atoms with Crippen molar-refractivity contribution in [3.8, 4) is 5.75 Å². The van der Waals surface area contributed by atoms with Crippen LogP contribution in [0.3, 0.4) is 0 Å². The normalized spacial score (nSPS) is 12.2. The van der Waals surface area contributed by atoms with Crippen LogP contribution < -0.4 is 16.2 Å². The maximum atomic E-state index is 14.0. The summed E-state index contributed by atoms with van der Waals surface area (Å²) in [5.41, 5.74) is 12.7. The van der Waals surface area contributed by atoms with E-state index in [1.165, 1.54) is 6.07 Å². The van der Waals surface area contributed by atoms with Gasteiger partial charge in [-0.1, -0.05) is 41.9 Å². The SMILES string of the molecule is NCC(N)c1cc(F)c(OCc2ccccc2)c(Cl)c1. The molecule has 0 heterocycles. The van der Waals surface area contributed by atoms with Crippen LogP contribution >= 0.6 is 11.6 Å². The lowest BCUT2D eigenvalue weighted by Crippen LogP contribution is -2.20. The van der Waals surface area contributed by atoms with Gasteiger partial charge in [-0.25, -0.2) is 4.39 Å². The van der Waals surface area contributed by atoms with Crippen LogP contribution in [-0.2, 0) is 6.61 Å². The molecular weight excluding hydrogens is 279 g/mol. The van der Waals surface area contributed by atoms with Crippen LogP contribution in [0.5, 0.6) is 5.75 Å². The number of hydrogen-bond acceptors (Lipinski definition) is 3. The average Bonchev–Trinajstić information content (AvgIpc) is 2.46. The molecule has 0 amide bonds. The third kappa shape index (κ3) is 3.48. The smallest absolute Gasteiger partial charge is 0.174 e. The van der Waals surface area contributed by atoms with E-state index in [-0.39, 0.29) is 23.9 Å². The molecule has 0 aromatic heterocycles. The van der Waals surface area contributed by atoms with Gasteiger partial charge < -0.3 is 16.2 Å². The van der Waals surface area contributed by atoms with E-state index >= 15 is 0 Å². The van der Waals surface area contributed by atoms with Gasteiger partial charge in [-0.2, -0.15) is 0 Å². The van der Waals surface area contributed by atoms with E-state index in [0.29, 0.717) is 5.56 Å². The summed E-state index contributed by atoms with van der Waals surface area (Å²) in [6.45, 7) is 0.472. The lowest BCUT2D eigenvalue weighted by molar-refractivity contribution is 0.290. The van der Waals surface area contributed by atoms with Crippen LogP contribution in [0, 0.1) is 5.82 Å². The highest BCUT2D eigenvalue weighted by Gasteiger charge is 2.14.